The van der Waals surface area contributed by atoms with E-state index in [-0.39, 0.29) is 0 Å². The maximum absolute atomic E-state index is 3.71. The number of aromatic amines is 1. The lowest BCUT2D eigenvalue weighted by Crippen LogP contribution is -2.37. The zero-order chi connectivity index (χ0) is 17.3. The molecular formula is C24H28N2. The highest BCUT2D eigenvalue weighted by Gasteiger charge is 2.41. The molecule has 2 heteroatoms. The van der Waals surface area contributed by atoms with Crippen molar-refractivity contribution >= 4 is 10.9 Å². The number of unbranched alkanes of at least 4 members (excludes halogenated alkanes) is 2. The summed E-state index contributed by atoms with van der Waals surface area (Å²) in [5, 5.41) is 1.46. The maximum atomic E-state index is 3.71. The number of hydrogen-bond acceptors (Lipinski definition) is 1. The highest BCUT2D eigenvalue weighted by molar-refractivity contribution is 5.85. The number of aromatic nitrogens is 1. The van der Waals surface area contributed by atoms with Crippen molar-refractivity contribution in [2.75, 3.05) is 6.54 Å². The van der Waals surface area contributed by atoms with Crippen LogP contribution in [-0.2, 0) is 12.8 Å². The summed E-state index contributed by atoms with van der Waals surface area (Å²) >= 11 is 0. The van der Waals surface area contributed by atoms with Crippen LogP contribution in [0.5, 0.6) is 0 Å². The minimum Gasteiger partial charge on any atom is -0.358 e. The molecule has 2 aliphatic rings. The predicted molar refractivity (Wildman–Crippen MR) is 108 cm³/mol. The van der Waals surface area contributed by atoms with Crippen LogP contribution in [-0.4, -0.2) is 22.5 Å². The van der Waals surface area contributed by atoms with Crippen molar-refractivity contribution in [3.63, 3.8) is 0 Å². The number of nitrogens with zero attached hydrogens (tertiary/aromatic N) is 1. The predicted octanol–water partition coefficient (Wildman–Crippen LogP) is 5.64. The number of benzene rings is 2. The molecule has 2 nitrogen and oxygen atoms in total. The molecule has 2 bridgehead atoms. The first-order valence-electron chi connectivity index (χ1n) is 10.3. The van der Waals surface area contributed by atoms with E-state index in [9.17, 15) is 0 Å². The summed E-state index contributed by atoms with van der Waals surface area (Å²) in [5.41, 5.74) is 5.93. The van der Waals surface area contributed by atoms with E-state index >= 15 is 0 Å². The summed E-state index contributed by atoms with van der Waals surface area (Å²) < 4.78 is 0. The van der Waals surface area contributed by atoms with Crippen LogP contribution in [0.25, 0.3) is 10.9 Å². The lowest BCUT2D eigenvalue weighted by molar-refractivity contribution is 0.174. The molecule has 1 fully saturated rings. The third kappa shape index (κ3) is 2.87. The Morgan fingerprint density at radius 1 is 0.885 bits per heavy atom. The molecule has 1 aromatic heterocycles. The number of H-pyrrole nitrogens is 1. The van der Waals surface area contributed by atoms with Gasteiger partial charge >= 0.3 is 0 Å². The van der Waals surface area contributed by atoms with Gasteiger partial charge in [-0.25, -0.2) is 0 Å². The van der Waals surface area contributed by atoms with Crippen LogP contribution in [0.3, 0.4) is 0 Å². The Balaban J connectivity index is 1.22. The van der Waals surface area contributed by atoms with Crippen molar-refractivity contribution in [3.8, 4) is 0 Å². The number of fused-ring (bicyclic) bond motifs is 6. The molecule has 1 N–H and O–H groups in total. The molecule has 3 aromatic rings. The van der Waals surface area contributed by atoms with Gasteiger partial charge in [-0.2, -0.15) is 0 Å². The lowest BCUT2D eigenvalue weighted by Gasteiger charge is -2.35. The third-order valence-electron chi connectivity index (χ3n) is 6.47. The average Bonchev–Trinajstić information content (AvgIpc) is 3.18. The van der Waals surface area contributed by atoms with Crippen molar-refractivity contribution < 1.29 is 0 Å². The second-order valence-corrected chi connectivity index (χ2v) is 8.05. The van der Waals surface area contributed by atoms with Crippen LogP contribution in [0.15, 0.2) is 54.6 Å². The molecule has 0 amide bonds. The molecule has 2 atom stereocenters. The zero-order valence-corrected chi connectivity index (χ0v) is 15.5. The Kier molecular flexibility index (Phi) is 4.30. The van der Waals surface area contributed by atoms with Gasteiger partial charge in [0.25, 0.3) is 0 Å². The summed E-state index contributed by atoms with van der Waals surface area (Å²) in [6.45, 7) is 1.27. The Labute approximate surface area is 156 Å². The van der Waals surface area contributed by atoms with Crippen LogP contribution in [0.1, 0.15) is 55.0 Å². The quantitative estimate of drug-likeness (QED) is 0.573. The molecule has 134 valence electrons. The molecule has 2 aromatic carbocycles. The van der Waals surface area contributed by atoms with Crippen molar-refractivity contribution in [1.29, 1.82) is 0 Å². The summed E-state index contributed by atoms with van der Waals surface area (Å²) in [5.74, 6) is 0. The van der Waals surface area contributed by atoms with Gasteiger partial charge in [-0.15, -0.1) is 0 Å². The smallest absolute Gasteiger partial charge is 0.0459 e. The Hall–Kier alpha value is -2.06. The lowest BCUT2D eigenvalue weighted by atomic mass is 9.96. The fourth-order valence-electron chi connectivity index (χ4n) is 5.25. The molecule has 2 aliphatic heterocycles. The zero-order valence-electron chi connectivity index (χ0n) is 15.5. The molecule has 0 spiro atoms. The average molecular weight is 345 g/mol. The first-order chi connectivity index (χ1) is 12.9. The molecule has 3 heterocycles. The number of aryl methyl sites for hydroxylation is 1. The van der Waals surface area contributed by atoms with E-state index in [1.807, 2.05) is 0 Å². The highest BCUT2D eigenvalue weighted by atomic mass is 15.2. The second-order valence-electron chi connectivity index (χ2n) is 8.05. The van der Waals surface area contributed by atoms with E-state index < -0.39 is 0 Å². The fraction of sp³-hybridized carbons (Fsp3) is 0.417. The SMILES string of the molecule is c1ccc(CCCCCN2C3CCC2c2c([nH]c4ccccc24)C3)cc1. The van der Waals surface area contributed by atoms with Gasteiger partial charge in [0, 0.05) is 35.1 Å². The van der Waals surface area contributed by atoms with E-state index in [0.29, 0.717) is 6.04 Å². The summed E-state index contributed by atoms with van der Waals surface area (Å²) in [4.78, 5) is 6.53. The largest absolute Gasteiger partial charge is 0.358 e. The number of nitrogens with one attached hydrogen (secondary N) is 1. The number of rotatable bonds is 6. The van der Waals surface area contributed by atoms with Crippen molar-refractivity contribution in [1.82, 2.24) is 9.88 Å². The molecular weight excluding hydrogens is 316 g/mol. The van der Waals surface area contributed by atoms with Crippen molar-refractivity contribution in [2.45, 2.75) is 57.0 Å². The maximum Gasteiger partial charge on any atom is 0.0459 e. The molecule has 26 heavy (non-hydrogen) atoms. The fourth-order valence-corrected chi connectivity index (χ4v) is 5.25. The first kappa shape index (κ1) is 16.1. The third-order valence-corrected chi connectivity index (χ3v) is 6.47. The van der Waals surface area contributed by atoms with E-state index in [2.05, 4.69) is 64.5 Å². The minimum absolute atomic E-state index is 0.647. The van der Waals surface area contributed by atoms with Gasteiger partial charge in [-0.1, -0.05) is 55.0 Å². The molecule has 0 radical (unpaired) electrons. The minimum atomic E-state index is 0.647. The van der Waals surface area contributed by atoms with Crippen LogP contribution >= 0.6 is 0 Å². The molecule has 0 saturated carbocycles. The second kappa shape index (κ2) is 6.92. The Bertz CT molecular complexity index is 880. The van der Waals surface area contributed by atoms with E-state index in [4.69, 9.17) is 0 Å². The van der Waals surface area contributed by atoms with Gasteiger partial charge in [0.05, 0.1) is 0 Å². The molecule has 1 saturated heterocycles. The van der Waals surface area contributed by atoms with Crippen LogP contribution < -0.4 is 0 Å². The molecule has 0 aliphatic carbocycles. The molecule has 5 rings (SSSR count). The standard InChI is InChI=1S/C24H28N2/c1-3-9-18(10-4-1)11-5-2-8-16-26-19-14-15-23(26)24-20-12-6-7-13-21(20)25-22(24)17-19/h1,3-4,6-7,9-10,12-13,19,23,25H,2,5,8,11,14-17H2. The van der Waals surface area contributed by atoms with Gasteiger partial charge in [-0.05, 0) is 55.8 Å². The summed E-state index contributed by atoms with van der Waals surface area (Å²) in [6.07, 6.45) is 9.12. The van der Waals surface area contributed by atoms with Gasteiger partial charge in [0.1, 0.15) is 0 Å². The van der Waals surface area contributed by atoms with Gasteiger partial charge in [0.2, 0.25) is 0 Å². The van der Waals surface area contributed by atoms with Crippen LogP contribution in [0.4, 0.5) is 0 Å². The van der Waals surface area contributed by atoms with Crippen molar-refractivity contribution in [2.24, 2.45) is 0 Å². The number of para-hydroxylation sites is 1. The van der Waals surface area contributed by atoms with Gasteiger partial charge < -0.3 is 4.98 Å². The Morgan fingerprint density at radius 2 is 1.73 bits per heavy atom. The van der Waals surface area contributed by atoms with Gasteiger partial charge in [0.15, 0.2) is 0 Å². The number of hydrogen-bond donors (Lipinski definition) is 1. The van der Waals surface area contributed by atoms with Crippen molar-refractivity contribution in [3.05, 3.63) is 71.4 Å². The summed E-state index contributed by atoms with van der Waals surface area (Å²) in [6, 6.07) is 21.2. The Morgan fingerprint density at radius 3 is 2.65 bits per heavy atom. The topological polar surface area (TPSA) is 19.0 Å². The van der Waals surface area contributed by atoms with E-state index in [0.717, 1.165) is 6.04 Å². The van der Waals surface area contributed by atoms with Crippen LogP contribution in [0, 0.1) is 0 Å². The van der Waals surface area contributed by atoms with Crippen LogP contribution in [0.2, 0.25) is 0 Å². The van der Waals surface area contributed by atoms with Gasteiger partial charge in [-0.3, -0.25) is 4.90 Å². The van der Waals surface area contributed by atoms with E-state index in [1.54, 1.807) is 5.56 Å². The summed E-state index contributed by atoms with van der Waals surface area (Å²) in [7, 11) is 0. The monoisotopic (exact) mass is 344 g/mol. The first-order valence-corrected chi connectivity index (χ1v) is 10.3. The normalized spacial score (nSPS) is 22.0. The van der Waals surface area contributed by atoms with E-state index in [1.165, 1.54) is 73.7 Å². The molecule has 2 unspecified atom stereocenters. The highest BCUT2D eigenvalue weighted by Crippen LogP contribution is 2.46.